The maximum absolute atomic E-state index is 12.8. The highest BCUT2D eigenvalue weighted by Gasteiger charge is 2.27. The molecule has 0 unspecified atom stereocenters. The minimum atomic E-state index is -0.908. The van der Waals surface area contributed by atoms with Gasteiger partial charge in [-0.1, -0.05) is 49.2 Å². The summed E-state index contributed by atoms with van der Waals surface area (Å²) in [6, 6.07) is 16.9. The number of rotatable bonds is 7. The Morgan fingerprint density at radius 2 is 1.77 bits per heavy atom. The van der Waals surface area contributed by atoms with Gasteiger partial charge in [-0.3, -0.25) is 4.79 Å². The molecule has 6 nitrogen and oxygen atoms in total. The maximum Gasteiger partial charge on any atom is 0.375 e. The lowest BCUT2D eigenvalue weighted by Crippen LogP contribution is -2.40. The molecule has 2 aromatic carbocycles. The van der Waals surface area contributed by atoms with Gasteiger partial charge in [-0.05, 0) is 38.0 Å². The summed E-state index contributed by atoms with van der Waals surface area (Å²) in [7, 11) is 0. The Hall–Kier alpha value is -3.28. The molecule has 30 heavy (non-hydrogen) atoms. The van der Waals surface area contributed by atoms with E-state index in [0.717, 1.165) is 31.1 Å². The van der Waals surface area contributed by atoms with Crippen molar-refractivity contribution < 1.29 is 23.5 Å². The molecule has 1 N–H and O–H groups in total. The number of hydrogen-bond donors (Lipinski definition) is 1. The van der Waals surface area contributed by atoms with Crippen LogP contribution in [0.15, 0.2) is 59.0 Å². The van der Waals surface area contributed by atoms with Crippen LogP contribution in [0, 0.1) is 0 Å². The molecule has 4 rings (SSSR count). The monoisotopic (exact) mass is 407 g/mol. The van der Waals surface area contributed by atoms with Crippen molar-refractivity contribution in [3.8, 4) is 5.75 Å². The molecule has 3 aromatic rings. The largest absolute Gasteiger partial charge is 0.489 e. The van der Waals surface area contributed by atoms with Crippen molar-refractivity contribution in [2.45, 2.75) is 51.4 Å². The average Bonchev–Trinajstić information content (AvgIpc) is 3.40. The lowest BCUT2D eigenvalue weighted by Gasteiger charge is -2.17. The molecule has 1 aromatic heterocycles. The molecular weight excluding hydrogens is 382 g/mol. The van der Waals surface area contributed by atoms with E-state index in [2.05, 4.69) is 5.32 Å². The molecule has 0 saturated heterocycles. The minimum absolute atomic E-state index is 0.0626. The average molecular weight is 407 g/mol. The topological polar surface area (TPSA) is 77.8 Å². The van der Waals surface area contributed by atoms with E-state index < -0.39 is 12.1 Å². The summed E-state index contributed by atoms with van der Waals surface area (Å²) in [5, 5.41) is 3.73. The van der Waals surface area contributed by atoms with Gasteiger partial charge < -0.3 is 19.2 Å². The number of fused-ring (bicyclic) bond motifs is 1. The summed E-state index contributed by atoms with van der Waals surface area (Å²) >= 11 is 0. The minimum Gasteiger partial charge on any atom is -0.489 e. The number of carbonyl (C=O) groups is 2. The van der Waals surface area contributed by atoms with Crippen molar-refractivity contribution in [1.82, 2.24) is 5.32 Å². The van der Waals surface area contributed by atoms with Crippen molar-refractivity contribution in [2.24, 2.45) is 0 Å². The van der Waals surface area contributed by atoms with Gasteiger partial charge in [0.2, 0.25) is 5.76 Å². The first-order valence-electron chi connectivity index (χ1n) is 10.3. The fourth-order valence-corrected chi connectivity index (χ4v) is 3.74. The first kappa shape index (κ1) is 20.0. The van der Waals surface area contributed by atoms with Crippen molar-refractivity contribution in [1.29, 1.82) is 0 Å². The van der Waals surface area contributed by atoms with Crippen LogP contribution in [0.4, 0.5) is 0 Å². The summed E-state index contributed by atoms with van der Waals surface area (Å²) in [5.74, 6) is -0.209. The Balaban J connectivity index is 1.50. The fourth-order valence-electron chi connectivity index (χ4n) is 3.74. The van der Waals surface area contributed by atoms with E-state index in [1.54, 1.807) is 13.0 Å². The van der Waals surface area contributed by atoms with Crippen LogP contribution in [0.3, 0.4) is 0 Å². The van der Waals surface area contributed by atoms with Crippen molar-refractivity contribution in [3.63, 3.8) is 0 Å². The van der Waals surface area contributed by atoms with E-state index >= 15 is 0 Å². The van der Waals surface area contributed by atoms with Crippen LogP contribution in [0.1, 0.15) is 48.7 Å². The molecule has 6 heteroatoms. The van der Waals surface area contributed by atoms with Crippen LogP contribution in [0.5, 0.6) is 5.75 Å². The number of ether oxygens (including phenoxy) is 2. The summed E-state index contributed by atoms with van der Waals surface area (Å²) in [6.45, 7) is 1.72. The van der Waals surface area contributed by atoms with E-state index in [-0.39, 0.29) is 24.3 Å². The molecule has 1 fully saturated rings. The quantitative estimate of drug-likeness (QED) is 0.579. The van der Waals surface area contributed by atoms with E-state index in [9.17, 15) is 9.59 Å². The SMILES string of the molecule is C[C@H](OC(=O)c1oc2ccccc2c1COc1ccccc1)C(=O)NC1CCCC1. The van der Waals surface area contributed by atoms with Crippen molar-refractivity contribution in [2.75, 3.05) is 0 Å². The molecule has 0 spiro atoms. The Morgan fingerprint density at radius 1 is 1.07 bits per heavy atom. The van der Waals surface area contributed by atoms with E-state index in [0.29, 0.717) is 16.9 Å². The summed E-state index contributed by atoms with van der Waals surface area (Å²) in [5.41, 5.74) is 1.17. The smallest absolute Gasteiger partial charge is 0.375 e. The maximum atomic E-state index is 12.8. The molecule has 0 aliphatic heterocycles. The zero-order chi connectivity index (χ0) is 20.9. The van der Waals surface area contributed by atoms with Gasteiger partial charge in [0, 0.05) is 11.4 Å². The standard InChI is InChI=1S/C24H25NO5/c1-16(23(26)25-17-9-5-6-10-17)29-24(27)22-20(15-28-18-11-3-2-4-12-18)19-13-7-8-14-21(19)30-22/h2-4,7-8,11-14,16-17H,5-6,9-10,15H2,1H3,(H,25,26)/t16-/m0/s1. The van der Waals surface area contributed by atoms with Gasteiger partial charge >= 0.3 is 5.97 Å². The van der Waals surface area contributed by atoms with Gasteiger partial charge in [-0.25, -0.2) is 4.79 Å². The Morgan fingerprint density at radius 3 is 2.53 bits per heavy atom. The van der Waals surface area contributed by atoms with Crippen LogP contribution in [0.2, 0.25) is 0 Å². The predicted molar refractivity (Wildman–Crippen MR) is 112 cm³/mol. The Labute approximate surface area is 175 Å². The Bertz CT molecular complexity index is 1020. The van der Waals surface area contributed by atoms with Crippen LogP contribution in [-0.4, -0.2) is 24.0 Å². The van der Waals surface area contributed by atoms with Gasteiger partial charge in [-0.15, -0.1) is 0 Å². The highest BCUT2D eigenvalue weighted by atomic mass is 16.6. The molecule has 1 saturated carbocycles. The van der Waals surface area contributed by atoms with Crippen LogP contribution in [0.25, 0.3) is 11.0 Å². The fraction of sp³-hybridized carbons (Fsp3) is 0.333. The summed E-state index contributed by atoms with van der Waals surface area (Å²) in [4.78, 5) is 25.2. The molecule has 1 aliphatic rings. The third-order valence-corrected chi connectivity index (χ3v) is 5.36. The van der Waals surface area contributed by atoms with Gasteiger partial charge in [-0.2, -0.15) is 0 Å². The second-order valence-electron chi connectivity index (χ2n) is 7.55. The highest BCUT2D eigenvalue weighted by Crippen LogP contribution is 2.28. The second kappa shape index (κ2) is 9.03. The molecule has 1 aliphatic carbocycles. The third-order valence-electron chi connectivity index (χ3n) is 5.36. The number of para-hydroxylation sites is 2. The van der Waals surface area contributed by atoms with Crippen molar-refractivity contribution >= 4 is 22.8 Å². The zero-order valence-corrected chi connectivity index (χ0v) is 16.9. The Kier molecular flexibility index (Phi) is 6.02. The molecule has 1 amide bonds. The molecule has 0 bridgehead atoms. The van der Waals surface area contributed by atoms with Gasteiger partial charge in [0.1, 0.15) is 17.9 Å². The number of hydrogen-bond acceptors (Lipinski definition) is 5. The third kappa shape index (κ3) is 4.48. The first-order valence-corrected chi connectivity index (χ1v) is 10.3. The molecule has 1 heterocycles. The zero-order valence-electron chi connectivity index (χ0n) is 16.9. The van der Waals surface area contributed by atoms with E-state index in [1.807, 2.05) is 48.5 Å². The van der Waals surface area contributed by atoms with Crippen molar-refractivity contribution in [3.05, 3.63) is 65.9 Å². The number of amides is 1. The second-order valence-corrected chi connectivity index (χ2v) is 7.55. The van der Waals surface area contributed by atoms with E-state index in [1.165, 1.54) is 0 Å². The number of nitrogens with one attached hydrogen (secondary N) is 1. The molecular formula is C24H25NO5. The normalized spacial score (nSPS) is 15.1. The lowest BCUT2D eigenvalue weighted by molar-refractivity contribution is -0.129. The van der Waals surface area contributed by atoms with Gasteiger partial charge in [0.25, 0.3) is 5.91 Å². The van der Waals surface area contributed by atoms with Gasteiger partial charge in [0.15, 0.2) is 6.10 Å². The summed E-state index contributed by atoms with van der Waals surface area (Å²) < 4.78 is 17.1. The summed E-state index contributed by atoms with van der Waals surface area (Å²) in [6.07, 6.45) is 3.26. The van der Waals surface area contributed by atoms with Crippen LogP contribution < -0.4 is 10.1 Å². The number of furan rings is 1. The predicted octanol–water partition coefficient (Wildman–Crippen LogP) is 4.62. The van der Waals surface area contributed by atoms with Crippen LogP contribution in [-0.2, 0) is 16.1 Å². The number of esters is 1. The van der Waals surface area contributed by atoms with Gasteiger partial charge in [0.05, 0.1) is 5.56 Å². The first-order chi connectivity index (χ1) is 14.6. The molecule has 0 radical (unpaired) electrons. The number of carbonyl (C=O) groups excluding carboxylic acids is 2. The highest BCUT2D eigenvalue weighted by molar-refractivity contribution is 5.97. The number of benzene rings is 2. The lowest BCUT2D eigenvalue weighted by atomic mass is 10.1. The van der Waals surface area contributed by atoms with E-state index in [4.69, 9.17) is 13.9 Å². The molecule has 156 valence electrons. The molecule has 1 atom stereocenters. The van der Waals surface area contributed by atoms with Crippen LogP contribution >= 0.6 is 0 Å².